The molecule has 5 rings (SSSR count). The molecule has 1 unspecified atom stereocenters. The molecule has 2 N–H and O–H groups in total. The van der Waals surface area contributed by atoms with E-state index >= 15 is 0 Å². The van der Waals surface area contributed by atoms with Crippen LogP contribution in [0.15, 0.2) is 68.0 Å². The van der Waals surface area contributed by atoms with E-state index in [1.165, 1.54) is 4.57 Å². The topological polar surface area (TPSA) is 96.7 Å². The molecule has 35 heavy (non-hydrogen) atoms. The summed E-state index contributed by atoms with van der Waals surface area (Å²) < 4.78 is 7.27. The molecule has 1 aliphatic heterocycles. The number of rotatable bonds is 5. The number of para-hydroxylation sites is 2. The maximum absolute atomic E-state index is 13.1. The number of nitrogens with zero attached hydrogens (tertiary/aromatic N) is 2. The van der Waals surface area contributed by atoms with Gasteiger partial charge >= 0.3 is 5.69 Å². The van der Waals surface area contributed by atoms with Crippen LogP contribution >= 0.6 is 11.8 Å². The summed E-state index contributed by atoms with van der Waals surface area (Å²) in [6.45, 7) is 2.49. The number of nitrogens with one attached hydrogen (secondary N) is 1. The number of aromatic nitrogens is 2. The first-order chi connectivity index (χ1) is 17.1. The quantitative estimate of drug-likeness (QED) is 0.491. The minimum absolute atomic E-state index is 0.0753. The van der Waals surface area contributed by atoms with E-state index in [4.69, 9.17) is 9.73 Å². The fourth-order valence-corrected chi connectivity index (χ4v) is 6.31. The van der Waals surface area contributed by atoms with Gasteiger partial charge in [0.15, 0.2) is 0 Å². The number of thioether (sulfide) groups is 1. The molecule has 0 radical (unpaired) electrons. The van der Waals surface area contributed by atoms with Crippen LogP contribution in [0.3, 0.4) is 0 Å². The summed E-state index contributed by atoms with van der Waals surface area (Å²) in [7, 11) is 0. The van der Waals surface area contributed by atoms with Gasteiger partial charge in [0.05, 0.1) is 18.0 Å². The zero-order valence-electron chi connectivity index (χ0n) is 19.7. The monoisotopic (exact) mass is 491 g/mol. The van der Waals surface area contributed by atoms with E-state index in [0.717, 1.165) is 54.0 Å². The lowest BCUT2D eigenvalue weighted by Crippen LogP contribution is -2.36. The highest BCUT2D eigenvalue weighted by atomic mass is 32.2. The minimum atomic E-state index is -0.612. The number of aliphatic imine (C=N–C) groups is 1. The lowest BCUT2D eigenvalue weighted by atomic mass is 9.95. The molecule has 2 heterocycles. The summed E-state index contributed by atoms with van der Waals surface area (Å²) in [5.41, 5.74) is 1.09. The smallest absolute Gasteiger partial charge is 0.331 e. The van der Waals surface area contributed by atoms with Crippen molar-refractivity contribution in [1.29, 1.82) is 0 Å². The van der Waals surface area contributed by atoms with Gasteiger partial charge in [-0.25, -0.2) is 4.79 Å². The fraction of sp³-hybridized carbons (Fsp3) is 0.370. The Hall–Kier alpha value is -3.26. The second-order valence-electron chi connectivity index (χ2n) is 8.93. The molecule has 1 saturated carbocycles. The Balaban J connectivity index is 1.66. The van der Waals surface area contributed by atoms with Gasteiger partial charge in [0, 0.05) is 28.2 Å². The summed E-state index contributed by atoms with van der Waals surface area (Å²) in [6, 6.07) is 15.5. The van der Waals surface area contributed by atoms with E-state index < -0.39 is 11.2 Å². The Kier molecular flexibility index (Phi) is 6.81. The van der Waals surface area contributed by atoms with Crippen LogP contribution in [0.1, 0.15) is 67.9 Å². The van der Waals surface area contributed by atoms with Gasteiger partial charge in [-0.3, -0.25) is 19.3 Å². The van der Waals surface area contributed by atoms with Crippen LogP contribution in [-0.2, 0) is 0 Å². The highest BCUT2D eigenvalue weighted by molar-refractivity contribution is 7.99. The second kappa shape index (κ2) is 10.2. The third-order valence-electron chi connectivity index (χ3n) is 6.68. The molecule has 0 saturated heterocycles. The molecular weight excluding hydrogens is 462 g/mol. The maximum atomic E-state index is 13.1. The Labute approximate surface area is 207 Å². The van der Waals surface area contributed by atoms with Crippen LogP contribution in [0.25, 0.3) is 0 Å². The van der Waals surface area contributed by atoms with Gasteiger partial charge in [0.1, 0.15) is 11.3 Å². The molecule has 182 valence electrons. The van der Waals surface area contributed by atoms with Crippen molar-refractivity contribution in [3.63, 3.8) is 0 Å². The molecule has 2 aromatic carbocycles. The number of benzene rings is 2. The number of hydrogen-bond donors (Lipinski definition) is 2. The zero-order chi connectivity index (χ0) is 24.4. The summed E-state index contributed by atoms with van der Waals surface area (Å²) >= 11 is 1.66. The molecule has 1 fully saturated rings. The minimum Gasteiger partial charge on any atom is -0.494 e. The Morgan fingerprint density at radius 3 is 2.63 bits per heavy atom. The molecule has 0 bridgehead atoms. The van der Waals surface area contributed by atoms with Crippen molar-refractivity contribution in [3.05, 3.63) is 80.5 Å². The van der Waals surface area contributed by atoms with Gasteiger partial charge in [-0.05, 0) is 38.0 Å². The number of aromatic amines is 1. The standard InChI is InChI=1S/C27H29N3O4S/c1-2-34-21-14-8-6-12-18(21)23-16-20(28-19-13-7-9-15-22(19)35-23)24-25(31)29-27(33)30(26(24)32)17-10-4-3-5-11-17/h6-9,12-15,17,23,32H,2-5,10-11,16H2,1H3,(H,29,31,33). The van der Waals surface area contributed by atoms with Crippen molar-refractivity contribution >= 4 is 23.2 Å². The molecule has 2 aliphatic rings. The summed E-state index contributed by atoms with van der Waals surface area (Å²) in [6.07, 6.45) is 5.09. The summed E-state index contributed by atoms with van der Waals surface area (Å²) in [5.74, 6) is 0.502. The molecule has 0 amide bonds. The first kappa shape index (κ1) is 23.5. The number of H-pyrrole nitrogens is 1. The third-order valence-corrected chi connectivity index (χ3v) is 7.99. The van der Waals surface area contributed by atoms with E-state index in [1.54, 1.807) is 11.8 Å². The van der Waals surface area contributed by atoms with Crippen molar-refractivity contribution in [1.82, 2.24) is 9.55 Å². The SMILES string of the molecule is CCOc1ccccc1C1CC(c2c(O)n(C3CCCCC3)c(=O)[nH]c2=O)=Nc2ccccc2S1. The first-order valence-electron chi connectivity index (χ1n) is 12.2. The van der Waals surface area contributed by atoms with Crippen molar-refractivity contribution in [2.45, 2.75) is 61.6 Å². The normalized spacial score (nSPS) is 18.4. The van der Waals surface area contributed by atoms with Crippen molar-refractivity contribution < 1.29 is 9.84 Å². The van der Waals surface area contributed by atoms with Gasteiger partial charge in [0.25, 0.3) is 5.56 Å². The molecule has 0 spiro atoms. The lowest BCUT2D eigenvalue weighted by molar-refractivity contribution is 0.298. The van der Waals surface area contributed by atoms with E-state index in [2.05, 4.69) is 4.98 Å². The number of aromatic hydroxyl groups is 1. The predicted octanol–water partition coefficient (Wildman–Crippen LogP) is 5.50. The molecule has 1 aliphatic carbocycles. The highest BCUT2D eigenvalue weighted by Gasteiger charge is 2.30. The second-order valence-corrected chi connectivity index (χ2v) is 10.2. The largest absolute Gasteiger partial charge is 0.494 e. The molecule has 1 aromatic heterocycles. The average molecular weight is 492 g/mol. The summed E-state index contributed by atoms with van der Waals surface area (Å²) in [5, 5.41) is 11.2. The van der Waals surface area contributed by atoms with Crippen LogP contribution in [0.5, 0.6) is 11.6 Å². The highest BCUT2D eigenvalue weighted by Crippen LogP contribution is 2.48. The van der Waals surface area contributed by atoms with Gasteiger partial charge in [-0.2, -0.15) is 0 Å². The molecule has 7 nitrogen and oxygen atoms in total. The Bertz CT molecular complexity index is 1370. The number of fused-ring (bicyclic) bond motifs is 1. The zero-order valence-corrected chi connectivity index (χ0v) is 20.5. The van der Waals surface area contributed by atoms with Crippen LogP contribution in [0.4, 0.5) is 5.69 Å². The van der Waals surface area contributed by atoms with Crippen LogP contribution in [0.2, 0.25) is 0 Å². The van der Waals surface area contributed by atoms with Gasteiger partial charge < -0.3 is 9.84 Å². The third kappa shape index (κ3) is 4.67. The summed E-state index contributed by atoms with van der Waals surface area (Å²) in [4.78, 5) is 34.1. The first-order valence-corrected chi connectivity index (χ1v) is 13.1. The van der Waals surface area contributed by atoms with Gasteiger partial charge in [-0.15, -0.1) is 11.8 Å². The van der Waals surface area contributed by atoms with Crippen molar-refractivity contribution in [3.8, 4) is 11.6 Å². The van der Waals surface area contributed by atoms with E-state index in [1.807, 2.05) is 55.5 Å². The molecule has 1 atom stereocenters. The molecule has 8 heteroatoms. The lowest BCUT2D eigenvalue weighted by Gasteiger charge is -2.25. The van der Waals surface area contributed by atoms with Crippen LogP contribution in [0, 0.1) is 0 Å². The average Bonchev–Trinajstić information content (AvgIpc) is 3.04. The Morgan fingerprint density at radius 1 is 1.09 bits per heavy atom. The van der Waals surface area contributed by atoms with Gasteiger partial charge in [0.2, 0.25) is 5.88 Å². The van der Waals surface area contributed by atoms with Crippen molar-refractivity contribution in [2.24, 2.45) is 4.99 Å². The number of hydrogen-bond acceptors (Lipinski definition) is 6. The van der Waals surface area contributed by atoms with Crippen LogP contribution < -0.4 is 16.0 Å². The molecular formula is C27H29N3O4S. The Morgan fingerprint density at radius 2 is 1.83 bits per heavy atom. The van der Waals surface area contributed by atoms with Crippen molar-refractivity contribution in [2.75, 3.05) is 6.61 Å². The van der Waals surface area contributed by atoms with E-state index in [0.29, 0.717) is 18.7 Å². The molecule has 3 aromatic rings. The van der Waals surface area contributed by atoms with Gasteiger partial charge in [-0.1, -0.05) is 49.6 Å². The predicted molar refractivity (Wildman–Crippen MR) is 139 cm³/mol. The van der Waals surface area contributed by atoms with E-state index in [9.17, 15) is 14.7 Å². The van der Waals surface area contributed by atoms with Crippen LogP contribution in [-0.4, -0.2) is 27.0 Å². The van der Waals surface area contributed by atoms with E-state index in [-0.39, 0.29) is 22.7 Å². The number of ether oxygens (including phenoxy) is 1. The fourth-order valence-electron chi connectivity index (χ4n) is 5.05. The maximum Gasteiger partial charge on any atom is 0.331 e.